The minimum atomic E-state index is -1.33. The number of ether oxygens (including phenoxy) is 1. The molecule has 0 bridgehead atoms. The van der Waals surface area contributed by atoms with Gasteiger partial charge in [0.1, 0.15) is 17.9 Å². The number of hydrogen-bond acceptors (Lipinski definition) is 5. The molecule has 4 rings (SSSR count). The normalized spacial score (nSPS) is 14.9. The second-order valence-electron chi connectivity index (χ2n) is 7.79. The van der Waals surface area contributed by atoms with Gasteiger partial charge in [-0.25, -0.2) is 9.18 Å². The van der Waals surface area contributed by atoms with Crippen molar-refractivity contribution in [2.45, 2.75) is 38.8 Å². The number of benzene rings is 1. The van der Waals surface area contributed by atoms with E-state index in [1.54, 1.807) is 4.57 Å². The molecule has 49 heavy (non-hydrogen) atoms. The number of rotatable bonds is 4. The van der Waals surface area contributed by atoms with Gasteiger partial charge in [-0.3, -0.25) is 9.50 Å². The fraction of sp³-hybridized carbons (Fsp3) is 0.500. The van der Waals surface area contributed by atoms with Crippen LogP contribution < -0.4 is 20.8 Å². The van der Waals surface area contributed by atoms with Crippen molar-refractivity contribution < 1.29 is 115 Å². The van der Waals surface area contributed by atoms with Gasteiger partial charge >= 0.3 is 5.97 Å². The zero-order chi connectivity index (χ0) is 40.2. The summed E-state index contributed by atoms with van der Waals surface area (Å²) in [5.41, 5.74) is 5.94. The number of carbonyl (C=O) groups is 1. The quantitative estimate of drug-likeness (QED) is 0.300. The highest BCUT2D eigenvalue weighted by Crippen LogP contribution is 2.43. The minimum absolute atomic E-state index is 0. The average Bonchev–Trinajstić information content (AvgIpc) is 3.54. The van der Waals surface area contributed by atoms with Crippen LogP contribution >= 0.6 is 0 Å². The lowest BCUT2D eigenvalue weighted by molar-refractivity contribution is 0.0694. The highest BCUT2D eigenvalue weighted by Gasteiger charge is 2.35. The molecular formula is C20H25F22N3O4. The molecule has 0 unspecified atom stereocenters. The van der Waals surface area contributed by atoms with Gasteiger partial charge in [-0.1, -0.05) is 13.3 Å². The molecule has 298 valence electrons. The summed E-state index contributed by atoms with van der Waals surface area (Å²) >= 11 is 0. The zero-order valence-corrected chi connectivity index (χ0v) is 23.9. The van der Waals surface area contributed by atoms with Crippen molar-refractivity contribution in [3.05, 3.63) is 33.9 Å². The molecule has 3 N–H and O–H groups in total. The molecule has 0 amide bonds. The Hall–Kier alpha value is -4.08. The molecule has 1 aromatic carbocycles. The molecule has 0 spiro atoms. The molecule has 2 aromatic rings. The topological polar surface area (TPSA) is 97.8 Å². The van der Waals surface area contributed by atoms with E-state index in [0.717, 1.165) is 18.9 Å². The molecule has 1 aromatic heterocycles. The van der Waals surface area contributed by atoms with E-state index in [4.69, 9.17) is 102 Å². The first-order valence-electron chi connectivity index (χ1n) is 11.0. The number of aromatic carboxylic acids is 1. The van der Waals surface area contributed by atoms with Crippen LogP contribution in [0.3, 0.4) is 0 Å². The Bertz CT molecular complexity index is 1060. The Balaban J connectivity index is -0.000000115. The third-order valence-corrected chi connectivity index (χ3v) is 5.84. The lowest BCUT2D eigenvalue weighted by Gasteiger charge is -2.31. The smallest absolute Gasteiger partial charge is 0.341 e. The van der Waals surface area contributed by atoms with Crippen molar-refractivity contribution in [1.82, 2.24) is 4.57 Å². The fourth-order valence-electron chi connectivity index (χ4n) is 4.41. The molecule has 3 heterocycles. The lowest BCUT2D eigenvalue weighted by Crippen LogP contribution is -2.31. The number of carboxylic acids is 1. The maximum Gasteiger partial charge on any atom is 0.341 e. The summed E-state index contributed by atoms with van der Waals surface area (Å²) < 4.78 is 183. The third-order valence-electron chi connectivity index (χ3n) is 5.84. The first kappa shape index (κ1) is 63.6. The van der Waals surface area contributed by atoms with Gasteiger partial charge in [0.25, 0.3) is 0 Å². The van der Waals surface area contributed by atoms with Crippen LogP contribution in [0.5, 0.6) is 5.75 Å². The average molecular weight is 789 g/mol. The van der Waals surface area contributed by atoms with Crippen molar-refractivity contribution in [2.75, 3.05) is 24.6 Å². The van der Waals surface area contributed by atoms with E-state index in [1.165, 1.54) is 6.20 Å². The molecule has 0 radical (unpaired) electrons. The molecule has 1 fully saturated rings. The summed E-state index contributed by atoms with van der Waals surface area (Å²) in [7, 11) is 0. The fourth-order valence-corrected chi connectivity index (χ4v) is 4.41. The molecular weight excluding hydrogens is 764 g/mol. The van der Waals surface area contributed by atoms with Crippen LogP contribution in [0.1, 0.15) is 43.1 Å². The zero-order valence-electron chi connectivity index (χ0n) is 23.9. The molecule has 2 aliphatic heterocycles. The molecule has 2 aliphatic rings. The van der Waals surface area contributed by atoms with E-state index in [1.807, 2.05) is 11.8 Å². The second kappa shape index (κ2) is 43.9. The van der Waals surface area contributed by atoms with Gasteiger partial charge in [0.2, 0.25) is 5.43 Å². The SMILES string of the molecule is CCC[C@H]1CN(c2c(F)cc3c(=O)c(C(=O)O)cn4c3c2OC[C@@H]4C)C[C@H]1N.F.FF.FF.FF.FF.FF.FF.FF.FF.FF.FF. The van der Waals surface area contributed by atoms with Crippen molar-refractivity contribution in [3.63, 3.8) is 0 Å². The Morgan fingerprint density at radius 2 is 1.29 bits per heavy atom. The van der Waals surface area contributed by atoms with Crippen LogP contribution in [0.4, 0.5) is 106 Å². The number of anilines is 1. The number of hydrogen-bond donors (Lipinski definition) is 2. The Kier molecular flexibility index (Phi) is 57.0. The largest absolute Gasteiger partial charge is 0.487 e. The standard InChI is InChI=1S/C20H24FN3O4.10F2.FH/c1-3-4-11-6-23(8-15(11)22)17-14(21)5-12-16-19(17)28-9-10(2)24(16)7-13(18(12)25)20(26)27;10*1-2;/h5,7,10-11,15H,3-4,6,8-9,22H2,1-2H3,(H,26,27);;;;;;;;;;;1H/t10-,11-,15+;;;;;;;;;;;/m0.........../s1. The third kappa shape index (κ3) is 18.9. The number of nitrogens with two attached hydrogens (primary N) is 1. The number of carboxylic acid groups (broad SMARTS) is 1. The van der Waals surface area contributed by atoms with Crippen LogP contribution in [0.2, 0.25) is 0 Å². The van der Waals surface area contributed by atoms with E-state index in [0.29, 0.717) is 30.0 Å². The monoisotopic (exact) mass is 789 g/mol. The van der Waals surface area contributed by atoms with Crippen LogP contribution in [0.25, 0.3) is 10.9 Å². The summed E-state index contributed by atoms with van der Waals surface area (Å²) in [5, 5.41) is 9.39. The van der Waals surface area contributed by atoms with E-state index in [2.05, 4.69) is 6.92 Å². The van der Waals surface area contributed by atoms with Crippen molar-refractivity contribution in [3.8, 4) is 5.75 Å². The predicted octanol–water partition coefficient (Wildman–Crippen LogP) is 10.9. The van der Waals surface area contributed by atoms with Gasteiger partial charge in [-0.2, -0.15) is 0 Å². The van der Waals surface area contributed by atoms with Crippen molar-refractivity contribution in [1.29, 1.82) is 0 Å². The van der Waals surface area contributed by atoms with E-state index >= 15 is 4.39 Å². The molecule has 1 saturated heterocycles. The highest BCUT2D eigenvalue weighted by molar-refractivity contribution is 5.97. The summed E-state index contributed by atoms with van der Waals surface area (Å²) in [6.07, 6.45) is 3.30. The van der Waals surface area contributed by atoms with E-state index < -0.39 is 17.2 Å². The van der Waals surface area contributed by atoms with Gasteiger partial charge in [-0.05, 0) is 25.3 Å². The van der Waals surface area contributed by atoms with Crippen LogP contribution in [-0.4, -0.2) is 41.4 Å². The van der Waals surface area contributed by atoms with Gasteiger partial charge < -0.3 is 25.0 Å². The van der Waals surface area contributed by atoms with Crippen molar-refractivity contribution >= 4 is 22.6 Å². The lowest BCUT2D eigenvalue weighted by atomic mass is 9.99. The molecule has 3 atom stereocenters. The summed E-state index contributed by atoms with van der Waals surface area (Å²) in [6.45, 7) is 5.36. The second-order valence-corrected chi connectivity index (χ2v) is 7.79. The summed E-state index contributed by atoms with van der Waals surface area (Å²) in [4.78, 5) is 26.0. The molecule has 0 aliphatic carbocycles. The Labute approximate surface area is 258 Å². The highest BCUT2D eigenvalue weighted by atomic mass is 20.0. The predicted molar refractivity (Wildman–Crippen MR) is 129 cm³/mol. The maximum absolute atomic E-state index is 15.2. The van der Waals surface area contributed by atoms with Gasteiger partial charge in [0.05, 0.1) is 16.9 Å². The summed E-state index contributed by atoms with van der Waals surface area (Å²) in [5.74, 6) is -1.35. The number of halogens is 22. The van der Waals surface area contributed by atoms with E-state index in [9.17, 15) is 14.7 Å². The number of nitrogens with zero attached hydrogens (tertiary/aromatic N) is 2. The Morgan fingerprint density at radius 1 is 0.857 bits per heavy atom. The van der Waals surface area contributed by atoms with Crippen LogP contribution in [0.15, 0.2) is 17.1 Å². The molecule has 29 heteroatoms. The number of pyridine rings is 1. The van der Waals surface area contributed by atoms with Gasteiger partial charge in [0, 0.05) is 117 Å². The Morgan fingerprint density at radius 3 is 1.67 bits per heavy atom. The first-order valence-corrected chi connectivity index (χ1v) is 11.0. The maximum atomic E-state index is 15.2. The van der Waals surface area contributed by atoms with Crippen LogP contribution in [-0.2, 0) is 0 Å². The summed E-state index contributed by atoms with van der Waals surface area (Å²) in [6, 6.07) is 0.904. The number of aromatic nitrogens is 1. The molecule has 7 nitrogen and oxygen atoms in total. The van der Waals surface area contributed by atoms with Crippen LogP contribution in [0, 0.1) is 11.7 Å². The van der Waals surface area contributed by atoms with Gasteiger partial charge in [-0.15, -0.1) is 0 Å². The first-order chi connectivity index (χ1) is 23.3. The molecule has 0 saturated carbocycles. The van der Waals surface area contributed by atoms with Crippen molar-refractivity contribution in [2.24, 2.45) is 11.7 Å². The van der Waals surface area contributed by atoms with Gasteiger partial charge in [0.15, 0.2) is 11.6 Å². The minimum Gasteiger partial charge on any atom is -0.487 e. The van der Waals surface area contributed by atoms with E-state index in [-0.39, 0.29) is 40.3 Å².